The number of hydrogen-bond donors (Lipinski definition) is 3. The Labute approximate surface area is 213 Å². The third kappa shape index (κ3) is 6.53. The Kier molecular flexibility index (Phi) is 8.52. The molecule has 12 heteroatoms. The predicted octanol–water partition coefficient (Wildman–Crippen LogP) is 4.25. The normalized spacial score (nSPS) is 13.7. The van der Waals surface area contributed by atoms with Gasteiger partial charge in [-0.25, -0.2) is 14.8 Å². The molecule has 1 saturated heterocycles. The van der Waals surface area contributed by atoms with Gasteiger partial charge < -0.3 is 30.2 Å². The van der Waals surface area contributed by atoms with Crippen LogP contribution < -0.4 is 30.2 Å². The van der Waals surface area contributed by atoms with Crippen LogP contribution in [0.15, 0.2) is 36.7 Å². The second-order valence-electron chi connectivity index (χ2n) is 8.66. The van der Waals surface area contributed by atoms with Crippen LogP contribution in [0.2, 0.25) is 0 Å². The van der Waals surface area contributed by atoms with Gasteiger partial charge in [0.2, 0.25) is 5.88 Å². The summed E-state index contributed by atoms with van der Waals surface area (Å²) in [6.07, 6.45) is 5.53. The van der Waals surface area contributed by atoms with Crippen LogP contribution >= 0.6 is 0 Å². The number of fused-ring (bicyclic) bond motifs is 1. The molecule has 1 aromatic heterocycles. The molecule has 0 atom stereocenters. The maximum absolute atomic E-state index is 12.3. The third-order valence-electron chi connectivity index (χ3n) is 6.27. The largest absolute Gasteiger partial charge is 0.493 e. The molecule has 1 fully saturated rings. The molecule has 0 aliphatic carbocycles. The van der Waals surface area contributed by atoms with Gasteiger partial charge in [0.15, 0.2) is 11.5 Å². The van der Waals surface area contributed by atoms with Crippen molar-refractivity contribution >= 4 is 28.3 Å². The first-order valence-corrected chi connectivity index (χ1v) is 12.1. The van der Waals surface area contributed by atoms with Gasteiger partial charge in [-0.15, -0.1) is 0 Å². The third-order valence-corrected chi connectivity index (χ3v) is 6.27. The van der Waals surface area contributed by atoms with Crippen molar-refractivity contribution < 1.29 is 23.9 Å². The topological polar surface area (TPSA) is 150 Å². The van der Waals surface area contributed by atoms with E-state index in [2.05, 4.69) is 25.9 Å². The number of anilines is 1. The van der Waals surface area contributed by atoms with E-state index in [-0.39, 0.29) is 23.0 Å². The van der Waals surface area contributed by atoms with E-state index in [0.29, 0.717) is 34.9 Å². The lowest BCUT2D eigenvalue weighted by Crippen LogP contribution is -2.31. The Morgan fingerprint density at radius 3 is 2.62 bits per heavy atom. The number of urea groups is 1. The zero-order chi connectivity index (χ0) is 26.2. The number of aromatic nitrogens is 2. The van der Waals surface area contributed by atoms with Crippen LogP contribution in [0.1, 0.15) is 25.7 Å². The Balaban J connectivity index is 1.43. The molecule has 37 heavy (non-hydrogen) atoms. The molecular formula is C25H30N6O6. The van der Waals surface area contributed by atoms with Crippen LogP contribution in [0.3, 0.4) is 0 Å². The molecule has 0 spiro atoms. The number of methoxy groups -OCH3 is 2. The van der Waals surface area contributed by atoms with Gasteiger partial charge >= 0.3 is 6.03 Å². The molecule has 3 aromatic rings. The molecule has 4 rings (SSSR count). The highest BCUT2D eigenvalue weighted by molar-refractivity contribution is 5.92. The van der Waals surface area contributed by atoms with E-state index in [9.17, 15) is 14.9 Å². The molecule has 2 aromatic carbocycles. The fourth-order valence-electron chi connectivity index (χ4n) is 4.31. The Bertz CT molecular complexity index is 1260. The summed E-state index contributed by atoms with van der Waals surface area (Å²) in [5.41, 5.74) is 0.305. The minimum Gasteiger partial charge on any atom is -0.493 e. The van der Waals surface area contributed by atoms with E-state index in [1.54, 1.807) is 12.1 Å². The number of carbonyl (C=O) groups is 1. The summed E-state index contributed by atoms with van der Waals surface area (Å²) < 4.78 is 16.5. The first-order chi connectivity index (χ1) is 18.0. The number of hydrogen-bond acceptors (Lipinski definition) is 9. The van der Waals surface area contributed by atoms with Crippen molar-refractivity contribution in [2.24, 2.45) is 5.92 Å². The van der Waals surface area contributed by atoms with Crippen molar-refractivity contribution in [1.29, 1.82) is 0 Å². The summed E-state index contributed by atoms with van der Waals surface area (Å²) in [6, 6.07) is 7.04. The molecule has 1 aliphatic heterocycles. The number of carbonyl (C=O) groups excluding carboxylic acids is 1. The van der Waals surface area contributed by atoms with E-state index >= 15 is 0 Å². The molecule has 3 N–H and O–H groups in total. The van der Waals surface area contributed by atoms with Crippen molar-refractivity contribution in [3.8, 4) is 23.1 Å². The number of ether oxygens (including phenoxy) is 3. The summed E-state index contributed by atoms with van der Waals surface area (Å²) >= 11 is 0. The Morgan fingerprint density at radius 1 is 1.14 bits per heavy atom. The van der Waals surface area contributed by atoms with Gasteiger partial charge in [-0.2, -0.15) is 0 Å². The first kappa shape index (κ1) is 25.9. The number of nitro groups is 1. The Hall–Kier alpha value is -4.19. The van der Waals surface area contributed by atoms with Crippen LogP contribution in [-0.2, 0) is 0 Å². The molecule has 0 radical (unpaired) electrons. The quantitative estimate of drug-likeness (QED) is 0.207. The highest BCUT2D eigenvalue weighted by Crippen LogP contribution is 2.37. The van der Waals surface area contributed by atoms with Gasteiger partial charge in [-0.3, -0.25) is 10.1 Å². The monoisotopic (exact) mass is 510 g/mol. The molecule has 0 bridgehead atoms. The summed E-state index contributed by atoms with van der Waals surface area (Å²) in [7, 11) is 3.03. The number of amides is 2. The summed E-state index contributed by atoms with van der Waals surface area (Å²) in [5, 5.41) is 20.9. The summed E-state index contributed by atoms with van der Waals surface area (Å²) in [5.74, 6) is 1.99. The van der Waals surface area contributed by atoms with Gasteiger partial charge in [0.25, 0.3) is 5.69 Å². The molecule has 2 amide bonds. The van der Waals surface area contributed by atoms with Gasteiger partial charge in [0.1, 0.15) is 17.8 Å². The molecule has 0 unspecified atom stereocenters. The van der Waals surface area contributed by atoms with Crippen molar-refractivity contribution in [3.63, 3.8) is 0 Å². The minimum atomic E-state index is -0.578. The highest BCUT2D eigenvalue weighted by atomic mass is 16.6. The SMILES string of the molecule is COc1cc2ncnc(Oc3ccc(NC(=O)NCCCC4CCNCC4)c([N+](=O)[O-])c3)c2cc1OC. The maximum atomic E-state index is 12.3. The number of benzene rings is 2. The second-order valence-corrected chi connectivity index (χ2v) is 8.66. The van der Waals surface area contributed by atoms with Gasteiger partial charge in [0, 0.05) is 12.6 Å². The fourth-order valence-corrected chi connectivity index (χ4v) is 4.31. The Morgan fingerprint density at radius 2 is 1.89 bits per heavy atom. The lowest BCUT2D eigenvalue weighted by atomic mass is 9.93. The number of nitro benzene ring substituents is 1. The van der Waals surface area contributed by atoms with E-state index in [1.807, 2.05) is 0 Å². The lowest BCUT2D eigenvalue weighted by molar-refractivity contribution is -0.384. The van der Waals surface area contributed by atoms with Crippen LogP contribution in [0.25, 0.3) is 10.9 Å². The zero-order valence-corrected chi connectivity index (χ0v) is 20.8. The summed E-state index contributed by atoms with van der Waals surface area (Å²) in [4.78, 5) is 31.9. The smallest absolute Gasteiger partial charge is 0.319 e. The van der Waals surface area contributed by atoms with Gasteiger partial charge in [-0.05, 0) is 62.9 Å². The first-order valence-electron chi connectivity index (χ1n) is 12.1. The average molecular weight is 511 g/mol. The van der Waals surface area contributed by atoms with E-state index < -0.39 is 11.0 Å². The molecular weight excluding hydrogens is 480 g/mol. The summed E-state index contributed by atoms with van der Waals surface area (Å²) in [6.45, 7) is 2.58. The van der Waals surface area contributed by atoms with Crippen LogP contribution in [0, 0.1) is 16.0 Å². The minimum absolute atomic E-state index is 0.0622. The zero-order valence-electron chi connectivity index (χ0n) is 20.8. The number of rotatable bonds is 10. The molecule has 1 aliphatic rings. The molecule has 0 saturated carbocycles. The van der Waals surface area contributed by atoms with E-state index in [1.165, 1.54) is 38.7 Å². The van der Waals surface area contributed by atoms with E-state index in [4.69, 9.17) is 14.2 Å². The maximum Gasteiger partial charge on any atom is 0.319 e. The van der Waals surface area contributed by atoms with Crippen LogP contribution in [0.5, 0.6) is 23.1 Å². The lowest BCUT2D eigenvalue weighted by Gasteiger charge is -2.22. The van der Waals surface area contributed by atoms with Crippen molar-refractivity contribution in [2.45, 2.75) is 25.7 Å². The van der Waals surface area contributed by atoms with Crippen molar-refractivity contribution in [1.82, 2.24) is 20.6 Å². The van der Waals surface area contributed by atoms with Crippen molar-refractivity contribution in [2.75, 3.05) is 39.2 Å². The van der Waals surface area contributed by atoms with Gasteiger partial charge in [0.05, 0.1) is 36.1 Å². The second kappa shape index (κ2) is 12.2. The number of piperidine rings is 1. The number of nitrogens with one attached hydrogen (secondary N) is 3. The fraction of sp³-hybridized carbons (Fsp3) is 0.400. The van der Waals surface area contributed by atoms with Crippen LogP contribution in [-0.4, -0.2) is 54.8 Å². The van der Waals surface area contributed by atoms with Gasteiger partial charge in [-0.1, -0.05) is 0 Å². The van der Waals surface area contributed by atoms with E-state index in [0.717, 1.165) is 38.8 Å². The number of nitrogens with zero attached hydrogens (tertiary/aromatic N) is 3. The average Bonchev–Trinajstić information content (AvgIpc) is 2.91. The highest BCUT2D eigenvalue weighted by Gasteiger charge is 2.19. The predicted molar refractivity (Wildman–Crippen MR) is 138 cm³/mol. The van der Waals surface area contributed by atoms with Crippen LogP contribution in [0.4, 0.5) is 16.2 Å². The van der Waals surface area contributed by atoms with Crippen molar-refractivity contribution in [3.05, 3.63) is 46.8 Å². The molecule has 12 nitrogen and oxygen atoms in total. The molecule has 2 heterocycles. The molecule has 196 valence electrons. The standard InChI is InChI=1S/C25H30N6O6/c1-35-22-13-18-20(14-23(22)36-2)28-15-29-24(18)37-17-5-6-19(21(12-17)31(33)34)30-25(32)27-9-3-4-16-7-10-26-11-8-16/h5-6,12-16,26H,3-4,7-11H2,1-2H3,(H2,27,30,32).